The minimum absolute atomic E-state index is 0.0146. The summed E-state index contributed by atoms with van der Waals surface area (Å²) >= 11 is 0. The van der Waals surface area contributed by atoms with Crippen LogP contribution in [0.3, 0.4) is 0 Å². The predicted molar refractivity (Wildman–Crippen MR) is 132 cm³/mol. The van der Waals surface area contributed by atoms with Gasteiger partial charge >= 0.3 is 0 Å². The minimum atomic E-state index is -1.10. The number of rotatable bonds is 2. The molecule has 3 heteroatoms. The summed E-state index contributed by atoms with van der Waals surface area (Å²) in [4.78, 5) is 43.4. The number of benzene rings is 3. The Hall–Kier alpha value is -3.59. The molecule has 9 rings (SSSR count). The molecule has 0 N–H and O–H groups in total. The van der Waals surface area contributed by atoms with E-state index in [4.69, 9.17) is 0 Å². The number of hydrogen-bond acceptors (Lipinski definition) is 3. The van der Waals surface area contributed by atoms with Gasteiger partial charge in [0.1, 0.15) is 0 Å². The van der Waals surface area contributed by atoms with Gasteiger partial charge in [-0.3, -0.25) is 14.4 Å². The molecule has 0 aliphatic heterocycles. The van der Waals surface area contributed by atoms with Crippen molar-refractivity contribution < 1.29 is 14.4 Å². The standard InChI is InChI=1S/C32H24O3/c33-29-20-10-4-5-11-21(20)30(34)28-26(29)25-22-12-6-7-13-23(22)32(28,31(35)17-8-2-1-3-9-17)27-19-15-14-18(16-19)24(25)27/h1-13,18-19,24-25,27H,14-16H2. The van der Waals surface area contributed by atoms with Gasteiger partial charge in [-0.25, -0.2) is 0 Å². The summed E-state index contributed by atoms with van der Waals surface area (Å²) in [5, 5.41) is 0. The van der Waals surface area contributed by atoms with E-state index in [1.54, 1.807) is 12.1 Å². The van der Waals surface area contributed by atoms with E-state index >= 15 is 0 Å². The molecule has 3 aromatic carbocycles. The number of ketones is 3. The maximum atomic E-state index is 14.9. The van der Waals surface area contributed by atoms with Gasteiger partial charge in [-0.2, -0.15) is 0 Å². The largest absolute Gasteiger partial charge is 0.293 e. The highest BCUT2D eigenvalue weighted by Crippen LogP contribution is 2.73. The molecule has 170 valence electrons. The van der Waals surface area contributed by atoms with Crippen molar-refractivity contribution in [2.75, 3.05) is 0 Å². The first kappa shape index (κ1) is 19.7. The highest BCUT2D eigenvalue weighted by Gasteiger charge is 2.72. The first-order valence-electron chi connectivity index (χ1n) is 12.8. The van der Waals surface area contributed by atoms with E-state index in [-0.39, 0.29) is 35.1 Å². The van der Waals surface area contributed by atoms with Gasteiger partial charge in [0.05, 0.1) is 5.41 Å². The second-order valence-corrected chi connectivity index (χ2v) is 11.0. The molecule has 0 saturated heterocycles. The SMILES string of the molecule is O=C1C2=C(C(=O)c3ccccc31)C1(C(=O)c3ccccc3)c3ccccc3C2C2C3CCC(C3)C21. The second-order valence-electron chi connectivity index (χ2n) is 11.0. The van der Waals surface area contributed by atoms with Crippen molar-refractivity contribution in [3.8, 4) is 0 Å². The lowest BCUT2D eigenvalue weighted by atomic mass is 9.41. The summed E-state index contributed by atoms with van der Waals surface area (Å²) in [5.74, 6) is 0.909. The summed E-state index contributed by atoms with van der Waals surface area (Å²) in [7, 11) is 0. The third-order valence-corrected chi connectivity index (χ3v) is 9.84. The smallest absolute Gasteiger partial charge is 0.191 e. The number of allylic oxidation sites excluding steroid dienone is 2. The molecule has 6 aliphatic carbocycles. The number of Topliss-reactive ketones (excluding diaryl/α,β-unsaturated/α-hetero) is 3. The lowest BCUT2D eigenvalue weighted by molar-refractivity contribution is 0.0535. The lowest BCUT2D eigenvalue weighted by Gasteiger charge is -2.59. The summed E-state index contributed by atoms with van der Waals surface area (Å²) in [5.41, 5.74) is 3.61. The predicted octanol–water partition coefficient (Wildman–Crippen LogP) is 5.96. The first-order chi connectivity index (χ1) is 17.1. The van der Waals surface area contributed by atoms with Crippen molar-refractivity contribution >= 4 is 17.3 Å². The minimum Gasteiger partial charge on any atom is -0.293 e. The van der Waals surface area contributed by atoms with Crippen molar-refractivity contribution in [1.29, 1.82) is 0 Å². The third kappa shape index (κ3) is 2.13. The second kappa shape index (κ2) is 6.54. The fourth-order valence-electron chi connectivity index (χ4n) is 8.91. The van der Waals surface area contributed by atoms with Crippen LogP contribution in [0.2, 0.25) is 0 Å². The zero-order chi connectivity index (χ0) is 23.5. The zero-order valence-electron chi connectivity index (χ0n) is 19.2. The summed E-state index contributed by atoms with van der Waals surface area (Å²) in [6.07, 6.45) is 3.35. The topological polar surface area (TPSA) is 51.2 Å². The van der Waals surface area contributed by atoms with E-state index in [0.717, 1.165) is 30.4 Å². The molecule has 6 atom stereocenters. The highest BCUT2D eigenvalue weighted by molar-refractivity contribution is 6.32. The Morgan fingerprint density at radius 1 is 0.743 bits per heavy atom. The summed E-state index contributed by atoms with van der Waals surface area (Å²) < 4.78 is 0. The van der Waals surface area contributed by atoms with Gasteiger partial charge in [-0.15, -0.1) is 0 Å². The van der Waals surface area contributed by atoms with Gasteiger partial charge in [0.2, 0.25) is 0 Å². The average molecular weight is 457 g/mol. The maximum absolute atomic E-state index is 14.9. The van der Waals surface area contributed by atoms with E-state index in [2.05, 4.69) is 12.1 Å². The molecular weight excluding hydrogens is 432 g/mol. The summed E-state index contributed by atoms with van der Waals surface area (Å²) in [6.45, 7) is 0. The molecule has 2 saturated carbocycles. The molecule has 0 amide bonds. The Morgan fingerprint density at radius 2 is 1.40 bits per heavy atom. The van der Waals surface area contributed by atoms with Gasteiger partial charge in [0.25, 0.3) is 0 Å². The molecule has 4 bridgehead atoms. The molecule has 2 fully saturated rings. The normalized spacial score (nSPS) is 33.3. The van der Waals surface area contributed by atoms with Crippen molar-refractivity contribution in [3.63, 3.8) is 0 Å². The van der Waals surface area contributed by atoms with Crippen LogP contribution in [0.15, 0.2) is 90.0 Å². The molecule has 0 spiro atoms. The number of carbonyl (C=O) groups excluding carboxylic acids is 3. The van der Waals surface area contributed by atoms with Crippen LogP contribution >= 0.6 is 0 Å². The molecule has 3 aromatic rings. The fourth-order valence-corrected chi connectivity index (χ4v) is 8.91. The molecule has 6 aliphatic rings. The van der Waals surface area contributed by atoms with E-state index in [9.17, 15) is 14.4 Å². The number of carbonyl (C=O) groups is 3. The summed E-state index contributed by atoms with van der Waals surface area (Å²) in [6, 6.07) is 24.8. The number of hydrogen-bond donors (Lipinski definition) is 0. The fraction of sp³-hybridized carbons (Fsp3) is 0.281. The van der Waals surface area contributed by atoms with Gasteiger partial charge < -0.3 is 0 Å². The molecular formula is C32H24O3. The van der Waals surface area contributed by atoms with Gasteiger partial charge in [0, 0.05) is 33.8 Å². The zero-order valence-corrected chi connectivity index (χ0v) is 19.2. The molecule has 3 nitrogen and oxygen atoms in total. The highest BCUT2D eigenvalue weighted by atomic mass is 16.1. The Morgan fingerprint density at radius 3 is 2.20 bits per heavy atom. The quantitative estimate of drug-likeness (QED) is 0.448. The Balaban J connectivity index is 1.53. The van der Waals surface area contributed by atoms with Gasteiger partial charge in [0.15, 0.2) is 17.3 Å². The van der Waals surface area contributed by atoms with Crippen molar-refractivity contribution in [1.82, 2.24) is 0 Å². The first-order valence-corrected chi connectivity index (χ1v) is 12.8. The van der Waals surface area contributed by atoms with Crippen molar-refractivity contribution in [2.24, 2.45) is 23.7 Å². The van der Waals surface area contributed by atoms with Crippen LogP contribution < -0.4 is 0 Å². The van der Waals surface area contributed by atoms with Crippen molar-refractivity contribution in [3.05, 3.63) is 118 Å². The monoisotopic (exact) mass is 456 g/mol. The lowest BCUT2D eigenvalue weighted by Crippen LogP contribution is -2.61. The Labute approximate surface area is 203 Å². The molecule has 0 aromatic heterocycles. The van der Waals surface area contributed by atoms with Gasteiger partial charge in [-0.1, -0.05) is 78.9 Å². The van der Waals surface area contributed by atoms with E-state index in [0.29, 0.717) is 39.7 Å². The average Bonchev–Trinajstić information content (AvgIpc) is 3.55. The van der Waals surface area contributed by atoms with Gasteiger partial charge in [-0.05, 0) is 54.1 Å². The molecule has 6 unspecified atom stereocenters. The van der Waals surface area contributed by atoms with Crippen LogP contribution in [0.25, 0.3) is 0 Å². The van der Waals surface area contributed by atoms with Crippen LogP contribution in [0.1, 0.15) is 67.4 Å². The van der Waals surface area contributed by atoms with Crippen LogP contribution in [-0.4, -0.2) is 17.3 Å². The Bertz CT molecular complexity index is 1510. The molecule has 35 heavy (non-hydrogen) atoms. The molecule has 0 heterocycles. The van der Waals surface area contributed by atoms with Crippen LogP contribution in [0.4, 0.5) is 0 Å². The van der Waals surface area contributed by atoms with Crippen LogP contribution in [-0.2, 0) is 5.41 Å². The van der Waals surface area contributed by atoms with Crippen molar-refractivity contribution in [2.45, 2.75) is 30.6 Å². The van der Waals surface area contributed by atoms with E-state index in [1.807, 2.05) is 54.6 Å². The van der Waals surface area contributed by atoms with E-state index < -0.39 is 5.41 Å². The third-order valence-electron chi connectivity index (χ3n) is 9.84. The van der Waals surface area contributed by atoms with E-state index in [1.165, 1.54) is 0 Å². The number of fused-ring (bicyclic) bond motifs is 3. The maximum Gasteiger partial charge on any atom is 0.191 e. The Kier molecular flexibility index (Phi) is 3.68. The molecule has 0 radical (unpaired) electrons. The van der Waals surface area contributed by atoms with Crippen LogP contribution in [0.5, 0.6) is 0 Å². The van der Waals surface area contributed by atoms with Crippen LogP contribution in [0, 0.1) is 23.7 Å².